The molecule has 0 rings (SSSR count). The lowest BCUT2D eigenvalue weighted by molar-refractivity contribution is -0.0303. The lowest BCUT2D eigenvalue weighted by atomic mass is 10.1. The van der Waals surface area contributed by atoms with E-state index in [4.69, 9.17) is 9.47 Å². The monoisotopic (exact) mass is 541 g/mol. The Morgan fingerprint density at radius 2 is 1.27 bits per heavy atom. The molecule has 0 radical (unpaired) electrons. The van der Waals surface area contributed by atoms with Gasteiger partial charge in [-0.15, -0.1) is 5.92 Å². The van der Waals surface area contributed by atoms with Gasteiger partial charge in [0.15, 0.2) is 0 Å². The second kappa shape index (κ2) is 19.2. The lowest BCUT2D eigenvalue weighted by Crippen LogP contribution is -2.48. The number of hydrogen-bond acceptors (Lipinski definition) is 5. The molecule has 218 valence electrons. The van der Waals surface area contributed by atoms with Crippen LogP contribution in [0.4, 0.5) is 4.79 Å². The summed E-state index contributed by atoms with van der Waals surface area (Å²) < 4.78 is 11.5. The number of carbonyl (C=O) groups excluding carboxylic acids is 1. The van der Waals surface area contributed by atoms with Crippen molar-refractivity contribution in [1.82, 2.24) is 5.32 Å². The fourth-order valence-electron chi connectivity index (χ4n) is 3.57. The van der Waals surface area contributed by atoms with Crippen LogP contribution in [0.5, 0.6) is 0 Å². The summed E-state index contributed by atoms with van der Waals surface area (Å²) >= 11 is 2.08. The van der Waals surface area contributed by atoms with E-state index in [1.54, 1.807) is 20.8 Å². The van der Waals surface area contributed by atoms with E-state index in [1.807, 2.05) is 20.8 Å². The van der Waals surface area contributed by atoms with Crippen molar-refractivity contribution < 1.29 is 19.4 Å². The minimum absolute atomic E-state index is 0.162. The molecule has 37 heavy (non-hydrogen) atoms. The Bertz CT molecular complexity index is 649. The van der Waals surface area contributed by atoms with Gasteiger partial charge in [0.05, 0.1) is 18.2 Å². The summed E-state index contributed by atoms with van der Waals surface area (Å²) in [6.45, 7) is 18.3. The number of ether oxygens (including phenoxy) is 2. The molecule has 2 atom stereocenters. The molecule has 0 aliphatic rings. The summed E-state index contributed by atoms with van der Waals surface area (Å²) in [5.74, 6) is 7.27. The van der Waals surface area contributed by atoms with E-state index in [9.17, 15) is 9.90 Å². The maximum absolute atomic E-state index is 12.2. The molecule has 0 aromatic rings. The fourth-order valence-corrected chi connectivity index (χ4v) is 4.53. The molecule has 2 N–H and O–H groups in total. The highest BCUT2D eigenvalue weighted by molar-refractivity contribution is 8.00. The summed E-state index contributed by atoms with van der Waals surface area (Å²) in [4.78, 5) is 12.2. The minimum Gasteiger partial charge on any atom is -0.444 e. The largest absolute Gasteiger partial charge is 0.444 e. The number of rotatable bonds is 17. The van der Waals surface area contributed by atoms with Crippen molar-refractivity contribution in [2.24, 2.45) is 0 Å². The van der Waals surface area contributed by atoms with Crippen molar-refractivity contribution >= 4 is 17.9 Å². The summed E-state index contributed by atoms with van der Waals surface area (Å²) in [7, 11) is 0. The summed E-state index contributed by atoms with van der Waals surface area (Å²) in [5, 5.41) is 13.3. The zero-order valence-electron chi connectivity index (χ0n) is 25.6. The fraction of sp³-hybridized carbons (Fsp3) is 0.903. The molecule has 0 aromatic carbocycles. The second-order valence-corrected chi connectivity index (χ2v) is 15.0. The highest BCUT2D eigenvalue weighted by Gasteiger charge is 2.25. The van der Waals surface area contributed by atoms with Crippen molar-refractivity contribution in [1.29, 1.82) is 0 Å². The average Bonchev–Trinajstić information content (AvgIpc) is 2.73. The summed E-state index contributed by atoms with van der Waals surface area (Å²) in [5.41, 5.74) is -0.993. The predicted octanol–water partition coefficient (Wildman–Crippen LogP) is 8.27. The summed E-state index contributed by atoms with van der Waals surface area (Å²) in [6, 6.07) is -0.649. The number of aliphatic hydroxyl groups excluding tert-OH is 1. The lowest BCUT2D eigenvalue weighted by Gasteiger charge is -2.27. The smallest absolute Gasteiger partial charge is 0.408 e. The van der Waals surface area contributed by atoms with Crippen molar-refractivity contribution in [2.45, 2.75) is 167 Å². The first kappa shape index (κ1) is 36.1. The van der Waals surface area contributed by atoms with Gasteiger partial charge in [-0.1, -0.05) is 84.5 Å². The van der Waals surface area contributed by atoms with Crippen LogP contribution >= 0.6 is 11.8 Å². The molecule has 0 heterocycles. The zero-order chi connectivity index (χ0) is 28.4. The van der Waals surface area contributed by atoms with Gasteiger partial charge in [-0.25, -0.2) is 4.79 Å². The van der Waals surface area contributed by atoms with E-state index < -0.39 is 23.8 Å². The second-order valence-electron chi connectivity index (χ2n) is 13.0. The van der Waals surface area contributed by atoms with Gasteiger partial charge in [0.25, 0.3) is 0 Å². The number of carbonyl (C=O) groups is 1. The number of amides is 1. The number of nitrogens with one attached hydrogen (secondary N) is 1. The van der Waals surface area contributed by atoms with Gasteiger partial charge < -0.3 is 19.9 Å². The first-order valence-corrected chi connectivity index (χ1v) is 15.5. The van der Waals surface area contributed by atoms with Crippen LogP contribution in [-0.2, 0) is 9.47 Å². The van der Waals surface area contributed by atoms with Gasteiger partial charge in [-0.2, -0.15) is 11.8 Å². The third kappa shape index (κ3) is 26.5. The Morgan fingerprint density at radius 1 is 0.784 bits per heavy atom. The van der Waals surface area contributed by atoms with E-state index in [2.05, 4.69) is 49.7 Å². The first-order chi connectivity index (χ1) is 17.1. The van der Waals surface area contributed by atoms with Crippen LogP contribution in [0.15, 0.2) is 0 Å². The number of thioether (sulfide) groups is 1. The van der Waals surface area contributed by atoms with Crippen LogP contribution in [0.25, 0.3) is 0 Å². The molecule has 0 saturated carbocycles. The molecule has 0 fully saturated rings. The molecule has 0 bridgehead atoms. The third-order valence-electron chi connectivity index (χ3n) is 5.51. The highest BCUT2D eigenvalue weighted by Crippen LogP contribution is 2.24. The van der Waals surface area contributed by atoms with Crippen molar-refractivity contribution in [3.05, 3.63) is 0 Å². The Labute approximate surface area is 234 Å². The number of aliphatic hydroxyl groups is 1. The Kier molecular flexibility index (Phi) is 18.7. The highest BCUT2D eigenvalue weighted by atomic mass is 32.2. The maximum Gasteiger partial charge on any atom is 0.408 e. The van der Waals surface area contributed by atoms with Gasteiger partial charge in [-0.05, 0) is 60.1 Å². The molecule has 0 unspecified atom stereocenters. The van der Waals surface area contributed by atoms with Crippen molar-refractivity contribution in [2.75, 3.05) is 12.4 Å². The van der Waals surface area contributed by atoms with Crippen LogP contribution in [0, 0.1) is 11.8 Å². The first-order valence-electron chi connectivity index (χ1n) is 14.5. The number of alkyl carbamates (subject to hydrolysis) is 1. The van der Waals surface area contributed by atoms with Crippen LogP contribution in [0.3, 0.4) is 0 Å². The van der Waals surface area contributed by atoms with E-state index in [-0.39, 0.29) is 12.2 Å². The molecule has 0 spiro atoms. The van der Waals surface area contributed by atoms with E-state index in [0.29, 0.717) is 4.75 Å². The van der Waals surface area contributed by atoms with Crippen molar-refractivity contribution in [3.8, 4) is 11.8 Å². The standard InChI is InChI=1S/C31H59NO4S/c1-29(2,3)35-25-26(32-28(34)36-30(4,5)6)27(33)23-21-19-17-15-13-11-10-12-14-16-18-20-22-24-37-31(7,8)9/h26-27,33H,10-20,22,24-25H2,1-9H3,(H,32,34)/t26-,27+/m0/s1. The quantitative estimate of drug-likeness (QED) is 0.143. The minimum atomic E-state index is -1.01. The molecular weight excluding hydrogens is 482 g/mol. The van der Waals surface area contributed by atoms with Gasteiger partial charge in [0, 0.05) is 11.2 Å². The maximum atomic E-state index is 12.2. The van der Waals surface area contributed by atoms with Crippen LogP contribution < -0.4 is 5.32 Å². The van der Waals surface area contributed by atoms with Crippen LogP contribution in [0.1, 0.15) is 139 Å². The molecular formula is C31H59NO4S. The Morgan fingerprint density at radius 3 is 1.73 bits per heavy atom. The molecule has 1 amide bonds. The van der Waals surface area contributed by atoms with E-state index in [1.165, 1.54) is 70.0 Å². The summed E-state index contributed by atoms with van der Waals surface area (Å²) in [6.07, 6.45) is 13.5. The zero-order valence-corrected chi connectivity index (χ0v) is 26.5. The Balaban J connectivity index is 4.01. The van der Waals surface area contributed by atoms with Gasteiger partial charge in [0.2, 0.25) is 0 Å². The predicted molar refractivity (Wildman–Crippen MR) is 160 cm³/mol. The topological polar surface area (TPSA) is 67.8 Å². The number of hydrogen-bond donors (Lipinski definition) is 2. The molecule has 6 heteroatoms. The molecule has 0 saturated heterocycles. The van der Waals surface area contributed by atoms with Crippen molar-refractivity contribution in [3.63, 3.8) is 0 Å². The molecule has 0 aliphatic carbocycles. The van der Waals surface area contributed by atoms with Crippen LogP contribution in [0.2, 0.25) is 0 Å². The van der Waals surface area contributed by atoms with Gasteiger partial charge in [0.1, 0.15) is 11.7 Å². The van der Waals surface area contributed by atoms with Gasteiger partial charge >= 0.3 is 6.09 Å². The molecule has 0 aliphatic heterocycles. The number of unbranched alkanes of at least 4 members (excludes halogenated alkanes) is 11. The third-order valence-corrected chi connectivity index (χ3v) is 6.87. The molecule has 5 nitrogen and oxygen atoms in total. The normalized spacial score (nSPS) is 14.0. The van der Waals surface area contributed by atoms with E-state index in [0.717, 1.165) is 12.8 Å². The SMILES string of the molecule is CC(C)(C)OC[C@H](NC(=O)OC(C)(C)C)[C@H](O)C#CCCCCCCCCCCCCCSC(C)(C)C. The van der Waals surface area contributed by atoms with Crippen LogP contribution in [-0.4, -0.2) is 51.7 Å². The average molecular weight is 542 g/mol. The molecule has 0 aromatic heterocycles. The van der Waals surface area contributed by atoms with Gasteiger partial charge in [-0.3, -0.25) is 0 Å². The Hall–Kier alpha value is -0.900. The van der Waals surface area contributed by atoms with E-state index >= 15 is 0 Å².